The summed E-state index contributed by atoms with van der Waals surface area (Å²) in [6, 6.07) is 1.71. The zero-order valence-electron chi connectivity index (χ0n) is 16.0. The number of halogens is 1. The molecule has 3 N–H and O–H groups in total. The number of aromatic nitrogens is 6. The smallest absolute Gasteiger partial charge is 0.164 e. The number of nitrogen functional groups attached to an aromatic ring is 1. The van der Waals surface area contributed by atoms with Crippen LogP contribution < -0.4 is 10.5 Å². The molecule has 1 aromatic carbocycles. The first-order valence-electron chi connectivity index (χ1n) is 8.75. The molecule has 0 radical (unpaired) electrons. The van der Waals surface area contributed by atoms with Crippen molar-refractivity contribution in [3.63, 3.8) is 0 Å². The van der Waals surface area contributed by atoms with Crippen molar-refractivity contribution in [2.24, 2.45) is 0 Å². The Balaban J connectivity index is 1.97. The lowest BCUT2D eigenvalue weighted by Gasteiger charge is -2.21. The molecule has 1 atom stereocenters. The fourth-order valence-electron chi connectivity index (χ4n) is 3.58. The van der Waals surface area contributed by atoms with Gasteiger partial charge in [0.25, 0.3) is 0 Å². The van der Waals surface area contributed by atoms with E-state index >= 15 is 0 Å². The molecule has 9 heteroatoms. The van der Waals surface area contributed by atoms with Crippen molar-refractivity contribution in [1.29, 1.82) is 0 Å². The third-order valence-electron chi connectivity index (χ3n) is 5.01. The summed E-state index contributed by atoms with van der Waals surface area (Å²) in [5.41, 5.74) is 11.1. The van der Waals surface area contributed by atoms with E-state index in [9.17, 15) is 0 Å². The van der Waals surface area contributed by atoms with Crippen molar-refractivity contribution in [2.45, 2.75) is 26.8 Å². The van der Waals surface area contributed by atoms with Crippen LogP contribution in [0.5, 0.6) is 5.75 Å². The van der Waals surface area contributed by atoms with Gasteiger partial charge in [-0.3, -0.25) is 5.10 Å². The van der Waals surface area contributed by atoms with E-state index in [4.69, 9.17) is 22.1 Å². The molecule has 8 nitrogen and oxygen atoms in total. The van der Waals surface area contributed by atoms with Crippen LogP contribution in [-0.2, 0) is 0 Å². The average Bonchev–Trinajstić information content (AvgIpc) is 3.31. The first-order valence-corrected chi connectivity index (χ1v) is 9.13. The summed E-state index contributed by atoms with van der Waals surface area (Å²) < 4.78 is 7.65. The molecule has 4 aromatic rings. The van der Waals surface area contributed by atoms with E-state index in [2.05, 4.69) is 25.3 Å². The Labute approximate surface area is 166 Å². The molecule has 0 aliphatic heterocycles. The van der Waals surface area contributed by atoms with Gasteiger partial charge < -0.3 is 10.5 Å². The van der Waals surface area contributed by atoms with Crippen LogP contribution in [0.1, 0.15) is 29.8 Å². The largest absolute Gasteiger partial charge is 0.496 e. The molecule has 28 heavy (non-hydrogen) atoms. The molecule has 0 bridgehead atoms. The van der Waals surface area contributed by atoms with E-state index in [1.54, 1.807) is 13.3 Å². The van der Waals surface area contributed by atoms with Gasteiger partial charge in [-0.2, -0.15) is 10.2 Å². The van der Waals surface area contributed by atoms with Crippen LogP contribution in [0.25, 0.3) is 22.2 Å². The van der Waals surface area contributed by atoms with E-state index in [0.717, 1.165) is 39.1 Å². The highest BCUT2D eigenvalue weighted by Gasteiger charge is 2.25. The van der Waals surface area contributed by atoms with E-state index in [0.29, 0.717) is 16.5 Å². The molecule has 0 spiro atoms. The number of rotatable bonds is 4. The maximum Gasteiger partial charge on any atom is 0.164 e. The Morgan fingerprint density at radius 3 is 2.75 bits per heavy atom. The van der Waals surface area contributed by atoms with Gasteiger partial charge in [0.15, 0.2) is 5.65 Å². The second kappa shape index (κ2) is 6.79. The average molecular weight is 398 g/mol. The number of hydrogen-bond acceptors (Lipinski definition) is 6. The number of aryl methyl sites for hydroxylation is 1. The summed E-state index contributed by atoms with van der Waals surface area (Å²) in [4.78, 5) is 8.48. The van der Waals surface area contributed by atoms with E-state index in [-0.39, 0.29) is 6.04 Å². The van der Waals surface area contributed by atoms with Crippen LogP contribution in [-0.4, -0.2) is 37.1 Å². The molecular formula is C19H20ClN7O. The first kappa shape index (κ1) is 18.2. The molecule has 3 heterocycles. The fourth-order valence-corrected chi connectivity index (χ4v) is 3.79. The highest BCUT2D eigenvalue weighted by atomic mass is 35.5. The van der Waals surface area contributed by atoms with Gasteiger partial charge in [0.05, 0.1) is 30.4 Å². The Morgan fingerprint density at radius 1 is 1.29 bits per heavy atom. The number of nitrogens with one attached hydrogen (secondary N) is 1. The predicted molar refractivity (Wildman–Crippen MR) is 109 cm³/mol. The summed E-state index contributed by atoms with van der Waals surface area (Å²) in [5.74, 6) is 1.13. The second-order valence-electron chi connectivity index (χ2n) is 6.63. The fraction of sp³-hybridized carbons (Fsp3) is 0.263. The van der Waals surface area contributed by atoms with Gasteiger partial charge in [-0.15, -0.1) is 0 Å². The van der Waals surface area contributed by atoms with Crippen LogP contribution in [0, 0.1) is 13.8 Å². The minimum absolute atomic E-state index is 0.204. The molecule has 0 amide bonds. The number of hydrogen-bond donors (Lipinski definition) is 2. The van der Waals surface area contributed by atoms with Crippen LogP contribution in [0.4, 0.5) is 5.82 Å². The van der Waals surface area contributed by atoms with Gasteiger partial charge >= 0.3 is 0 Å². The van der Waals surface area contributed by atoms with Crippen LogP contribution in [0.2, 0.25) is 5.02 Å². The number of benzene rings is 1. The molecule has 144 valence electrons. The van der Waals surface area contributed by atoms with Crippen molar-refractivity contribution in [2.75, 3.05) is 12.8 Å². The number of fused-ring (bicyclic) bond motifs is 1. The third kappa shape index (κ3) is 2.68. The lowest BCUT2D eigenvalue weighted by molar-refractivity contribution is 0.402. The number of ether oxygens (including phenoxy) is 1. The normalized spacial score (nSPS) is 12.5. The van der Waals surface area contributed by atoms with Gasteiger partial charge in [0, 0.05) is 27.9 Å². The molecular weight excluding hydrogens is 378 g/mol. The zero-order chi connectivity index (χ0) is 20.0. The first-order chi connectivity index (χ1) is 13.4. The topological polar surface area (TPSA) is 108 Å². The minimum atomic E-state index is -0.204. The lowest BCUT2D eigenvalue weighted by atomic mass is 9.95. The minimum Gasteiger partial charge on any atom is -0.496 e. The maximum atomic E-state index is 6.58. The molecule has 0 aliphatic rings. The molecule has 0 aliphatic carbocycles. The van der Waals surface area contributed by atoms with Gasteiger partial charge in [-0.05, 0) is 32.4 Å². The Bertz CT molecular complexity index is 1170. The zero-order valence-corrected chi connectivity index (χ0v) is 16.7. The van der Waals surface area contributed by atoms with E-state index in [1.165, 1.54) is 6.33 Å². The molecule has 0 saturated heterocycles. The van der Waals surface area contributed by atoms with Crippen LogP contribution in [0.3, 0.4) is 0 Å². The number of H-pyrrole nitrogens is 1. The van der Waals surface area contributed by atoms with Crippen LogP contribution >= 0.6 is 11.6 Å². The molecule has 1 unspecified atom stereocenters. The lowest BCUT2D eigenvalue weighted by Crippen LogP contribution is -2.12. The summed E-state index contributed by atoms with van der Waals surface area (Å²) in [6.45, 7) is 5.87. The Hall–Kier alpha value is -3.13. The highest BCUT2D eigenvalue weighted by Crippen LogP contribution is 2.43. The standard InChI is InChI=1S/C19H20ClN7O/c1-9-14(20)5-13(17(28-4)15(9)12-6-24-25-7-12)11(3)27-19-16(10(2)26-27)18(21)22-8-23-19/h5-8,11H,1-4H3,(H,24,25)(H2,21,22,23). The van der Waals surface area contributed by atoms with Gasteiger partial charge in [0.2, 0.25) is 0 Å². The third-order valence-corrected chi connectivity index (χ3v) is 5.40. The molecule has 4 rings (SSSR count). The molecule has 0 saturated carbocycles. The summed E-state index contributed by atoms with van der Waals surface area (Å²) in [5, 5.41) is 13.0. The van der Waals surface area contributed by atoms with Crippen LogP contribution in [0.15, 0.2) is 24.8 Å². The number of nitrogens with zero attached hydrogens (tertiary/aromatic N) is 5. The number of anilines is 1. The molecule has 3 aromatic heterocycles. The highest BCUT2D eigenvalue weighted by molar-refractivity contribution is 6.32. The van der Waals surface area contributed by atoms with Crippen molar-refractivity contribution in [3.8, 4) is 16.9 Å². The molecule has 0 fully saturated rings. The van der Waals surface area contributed by atoms with Gasteiger partial charge in [-0.1, -0.05) is 11.6 Å². The summed E-state index contributed by atoms with van der Waals surface area (Å²) in [6.07, 6.45) is 5.01. The number of methoxy groups -OCH3 is 1. The number of aromatic amines is 1. The van der Waals surface area contributed by atoms with Crippen molar-refractivity contribution in [1.82, 2.24) is 29.9 Å². The van der Waals surface area contributed by atoms with Crippen molar-refractivity contribution in [3.05, 3.63) is 46.6 Å². The predicted octanol–water partition coefficient (Wildman–Crippen LogP) is 3.69. The van der Waals surface area contributed by atoms with Crippen molar-refractivity contribution < 1.29 is 4.74 Å². The second-order valence-corrected chi connectivity index (χ2v) is 7.04. The quantitative estimate of drug-likeness (QED) is 0.543. The van der Waals surface area contributed by atoms with Gasteiger partial charge in [0.1, 0.15) is 17.9 Å². The summed E-state index contributed by atoms with van der Waals surface area (Å²) >= 11 is 6.58. The van der Waals surface area contributed by atoms with E-state index < -0.39 is 0 Å². The number of nitrogens with two attached hydrogens (primary N) is 1. The summed E-state index contributed by atoms with van der Waals surface area (Å²) in [7, 11) is 1.65. The SMILES string of the molecule is COc1c(C(C)n2nc(C)c3c(N)ncnc32)cc(Cl)c(C)c1-c1cn[nH]c1. The van der Waals surface area contributed by atoms with Crippen molar-refractivity contribution >= 4 is 28.5 Å². The maximum absolute atomic E-state index is 6.58. The van der Waals surface area contributed by atoms with Gasteiger partial charge in [-0.25, -0.2) is 14.6 Å². The van der Waals surface area contributed by atoms with E-state index in [1.807, 2.05) is 37.7 Å². The Kier molecular flexibility index (Phi) is 4.43. The Morgan fingerprint density at radius 2 is 2.07 bits per heavy atom. The monoisotopic (exact) mass is 397 g/mol.